The zero-order valence-corrected chi connectivity index (χ0v) is 7.54. The Morgan fingerprint density at radius 3 is 2.92 bits per heavy atom. The Kier molecular flexibility index (Phi) is 3.35. The van der Waals surface area contributed by atoms with Gasteiger partial charge in [0.25, 0.3) is 0 Å². The van der Waals surface area contributed by atoms with Gasteiger partial charge < -0.3 is 0 Å². The highest BCUT2D eigenvalue weighted by molar-refractivity contribution is 5.30. The van der Waals surface area contributed by atoms with Crippen LogP contribution in [0, 0.1) is 17.8 Å². The molecule has 1 aromatic rings. The van der Waals surface area contributed by atoms with Crippen LogP contribution in [-0.2, 0) is 0 Å². The monoisotopic (exact) mass is 159 g/mol. The Morgan fingerprint density at radius 1 is 1.50 bits per heavy atom. The van der Waals surface area contributed by atoms with E-state index in [1.165, 1.54) is 0 Å². The third kappa shape index (κ3) is 3.21. The summed E-state index contributed by atoms with van der Waals surface area (Å²) in [6, 6.07) is 3.87. The first-order valence-electron chi connectivity index (χ1n) is 4.18. The van der Waals surface area contributed by atoms with Gasteiger partial charge in [-0.05, 0) is 18.1 Å². The van der Waals surface area contributed by atoms with Gasteiger partial charge in [-0.15, -0.1) is 0 Å². The maximum atomic E-state index is 3.98. The van der Waals surface area contributed by atoms with Gasteiger partial charge in [0.2, 0.25) is 0 Å². The molecule has 12 heavy (non-hydrogen) atoms. The summed E-state index contributed by atoms with van der Waals surface area (Å²) in [7, 11) is 0. The highest BCUT2D eigenvalue weighted by atomic mass is 14.6. The van der Waals surface area contributed by atoms with Gasteiger partial charge in [-0.3, -0.25) is 4.98 Å². The predicted octanol–water partition coefficient (Wildman–Crippen LogP) is 2.48. The summed E-state index contributed by atoms with van der Waals surface area (Å²) in [5.41, 5.74) is 0.998. The SMILES string of the molecule is CC(C)CC#Cc1cccnc1. The highest BCUT2D eigenvalue weighted by Crippen LogP contribution is 1.97. The predicted molar refractivity (Wildman–Crippen MR) is 50.6 cm³/mol. The quantitative estimate of drug-likeness (QED) is 0.574. The maximum Gasteiger partial charge on any atom is 0.0428 e. The third-order valence-corrected chi connectivity index (χ3v) is 1.40. The summed E-state index contributed by atoms with van der Waals surface area (Å²) >= 11 is 0. The highest BCUT2D eigenvalue weighted by Gasteiger charge is 1.87. The van der Waals surface area contributed by atoms with E-state index in [1.807, 2.05) is 12.1 Å². The molecule has 0 radical (unpaired) electrons. The number of nitrogens with zero attached hydrogens (tertiary/aromatic N) is 1. The lowest BCUT2D eigenvalue weighted by molar-refractivity contribution is 0.676. The third-order valence-electron chi connectivity index (χ3n) is 1.40. The number of rotatable bonds is 1. The Hall–Kier alpha value is -1.29. The van der Waals surface area contributed by atoms with Crippen molar-refractivity contribution in [3.05, 3.63) is 30.1 Å². The topological polar surface area (TPSA) is 12.9 Å². The minimum Gasteiger partial charge on any atom is -0.263 e. The minimum atomic E-state index is 0.647. The molecule has 0 aliphatic carbocycles. The van der Waals surface area contributed by atoms with Gasteiger partial charge in [-0.25, -0.2) is 0 Å². The van der Waals surface area contributed by atoms with Crippen LogP contribution in [0.3, 0.4) is 0 Å². The molecule has 1 heterocycles. The van der Waals surface area contributed by atoms with Crippen LogP contribution in [0.2, 0.25) is 0 Å². The van der Waals surface area contributed by atoms with Crippen LogP contribution >= 0.6 is 0 Å². The Balaban J connectivity index is 2.55. The van der Waals surface area contributed by atoms with Crippen LogP contribution in [0.1, 0.15) is 25.8 Å². The van der Waals surface area contributed by atoms with Crippen molar-refractivity contribution in [2.24, 2.45) is 5.92 Å². The van der Waals surface area contributed by atoms with Crippen molar-refractivity contribution in [2.45, 2.75) is 20.3 Å². The standard InChI is InChI=1S/C11H13N/c1-10(2)5-3-6-11-7-4-8-12-9-11/h4,7-10H,5H2,1-2H3. The van der Waals surface area contributed by atoms with Crippen molar-refractivity contribution in [3.8, 4) is 11.8 Å². The van der Waals surface area contributed by atoms with Gasteiger partial charge in [0.05, 0.1) is 0 Å². The first kappa shape index (κ1) is 8.80. The fourth-order valence-corrected chi connectivity index (χ4v) is 0.794. The van der Waals surface area contributed by atoms with Crippen LogP contribution < -0.4 is 0 Å². The molecule has 1 heteroatoms. The fourth-order valence-electron chi connectivity index (χ4n) is 0.794. The lowest BCUT2D eigenvalue weighted by Crippen LogP contribution is -1.82. The zero-order chi connectivity index (χ0) is 8.81. The Bertz CT molecular complexity index is 277. The second-order valence-electron chi connectivity index (χ2n) is 3.14. The second kappa shape index (κ2) is 4.56. The van der Waals surface area contributed by atoms with Gasteiger partial charge in [-0.1, -0.05) is 25.7 Å². The number of aromatic nitrogens is 1. The molecule has 0 aromatic carbocycles. The second-order valence-corrected chi connectivity index (χ2v) is 3.14. The van der Waals surface area contributed by atoms with Crippen molar-refractivity contribution >= 4 is 0 Å². The fraction of sp³-hybridized carbons (Fsp3) is 0.364. The first-order chi connectivity index (χ1) is 5.79. The summed E-state index contributed by atoms with van der Waals surface area (Å²) < 4.78 is 0. The molecular formula is C11H13N. The molecule has 0 bridgehead atoms. The van der Waals surface area contributed by atoms with E-state index < -0.39 is 0 Å². The van der Waals surface area contributed by atoms with Crippen molar-refractivity contribution in [1.82, 2.24) is 4.98 Å². The van der Waals surface area contributed by atoms with Crippen LogP contribution in [-0.4, -0.2) is 4.98 Å². The average Bonchev–Trinajstić information content (AvgIpc) is 2.05. The molecule has 62 valence electrons. The summed E-state index contributed by atoms with van der Waals surface area (Å²) in [6.07, 6.45) is 4.50. The number of hydrogen-bond acceptors (Lipinski definition) is 1. The molecular weight excluding hydrogens is 146 g/mol. The molecule has 0 aliphatic heterocycles. The molecule has 0 aliphatic rings. The molecule has 0 fully saturated rings. The summed E-state index contributed by atoms with van der Waals surface area (Å²) in [4.78, 5) is 3.98. The van der Waals surface area contributed by atoms with Crippen molar-refractivity contribution in [3.63, 3.8) is 0 Å². The zero-order valence-electron chi connectivity index (χ0n) is 7.54. The Morgan fingerprint density at radius 2 is 2.33 bits per heavy atom. The van der Waals surface area contributed by atoms with Gasteiger partial charge >= 0.3 is 0 Å². The van der Waals surface area contributed by atoms with Gasteiger partial charge in [0.1, 0.15) is 0 Å². The van der Waals surface area contributed by atoms with Gasteiger partial charge in [0.15, 0.2) is 0 Å². The Labute approximate surface area is 73.8 Å². The van der Waals surface area contributed by atoms with Gasteiger partial charge in [0, 0.05) is 24.4 Å². The average molecular weight is 159 g/mol. The smallest absolute Gasteiger partial charge is 0.0428 e. The normalized spacial score (nSPS) is 9.25. The molecule has 0 spiro atoms. The van der Waals surface area contributed by atoms with E-state index in [0.29, 0.717) is 5.92 Å². The van der Waals surface area contributed by atoms with E-state index in [4.69, 9.17) is 0 Å². The van der Waals surface area contributed by atoms with Crippen molar-refractivity contribution < 1.29 is 0 Å². The minimum absolute atomic E-state index is 0.647. The summed E-state index contributed by atoms with van der Waals surface area (Å²) in [6.45, 7) is 4.33. The van der Waals surface area contributed by atoms with Crippen LogP contribution in [0.5, 0.6) is 0 Å². The summed E-state index contributed by atoms with van der Waals surface area (Å²) in [5.74, 6) is 6.82. The molecule has 0 atom stereocenters. The van der Waals surface area contributed by atoms with Crippen LogP contribution in [0.4, 0.5) is 0 Å². The first-order valence-corrected chi connectivity index (χ1v) is 4.18. The summed E-state index contributed by atoms with van der Waals surface area (Å²) in [5, 5.41) is 0. The molecule has 0 unspecified atom stereocenters. The lowest BCUT2D eigenvalue weighted by atomic mass is 10.1. The number of hydrogen-bond donors (Lipinski definition) is 0. The molecule has 0 N–H and O–H groups in total. The molecule has 1 aromatic heterocycles. The molecule has 1 nitrogen and oxygen atoms in total. The molecule has 0 amide bonds. The van der Waals surface area contributed by atoms with Gasteiger partial charge in [-0.2, -0.15) is 0 Å². The van der Waals surface area contributed by atoms with E-state index >= 15 is 0 Å². The van der Waals surface area contributed by atoms with E-state index in [0.717, 1.165) is 12.0 Å². The van der Waals surface area contributed by atoms with Crippen LogP contribution in [0.15, 0.2) is 24.5 Å². The molecule has 0 saturated carbocycles. The van der Waals surface area contributed by atoms with Crippen molar-refractivity contribution in [1.29, 1.82) is 0 Å². The van der Waals surface area contributed by atoms with E-state index in [2.05, 4.69) is 30.7 Å². The van der Waals surface area contributed by atoms with E-state index in [9.17, 15) is 0 Å². The molecule has 1 rings (SSSR count). The van der Waals surface area contributed by atoms with Crippen LogP contribution in [0.25, 0.3) is 0 Å². The van der Waals surface area contributed by atoms with E-state index in [-0.39, 0.29) is 0 Å². The van der Waals surface area contributed by atoms with E-state index in [1.54, 1.807) is 12.4 Å². The van der Waals surface area contributed by atoms with Crippen molar-refractivity contribution in [2.75, 3.05) is 0 Å². The number of pyridine rings is 1. The lowest BCUT2D eigenvalue weighted by Gasteiger charge is -1.92. The largest absolute Gasteiger partial charge is 0.263 e. The molecule has 0 saturated heterocycles. The maximum absolute atomic E-state index is 3.98.